The van der Waals surface area contributed by atoms with E-state index in [2.05, 4.69) is 0 Å². The van der Waals surface area contributed by atoms with E-state index in [4.69, 9.17) is 10.7 Å². The van der Waals surface area contributed by atoms with Gasteiger partial charge in [0, 0.05) is 16.2 Å². The van der Waals surface area contributed by atoms with Crippen molar-refractivity contribution in [3.05, 3.63) is 29.1 Å². The Bertz CT molecular complexity index is 484. The van der Waals surface area contributed by atoms with Gasteiger partial charge in [0.05, 0.1) is 0 Å². The van der Waals surface area contributed by atoms with Gasteiger partial charge in [0.2, 0.25) is 0 Å². The Kier molecular flexibility index (Phi) is 2.78. The molecule has 1 aromatic carbocycles. The number of rotatable bonds is 1. The maximum absolute atomic E-state index is 13.1. The molecule has 0 aliphatic carbocycles. The average molecular weight is 245 g/mol. The summed E-state index contributed by atoms with van der Waals surface area (Å²) in [6, 6.07) is 0.208. The van der Waals surface area contributed by atoms with Gasteiger partial charge in [-0.15, -0.1) is 0 Å². The van der Waals surface area contributed by atoms with Crippen LogP contribution in [0.15, 0.2) is 11.0 Å². The molecule has 0 atom stereocenters. The summed E-state index contributed by atoms with van der Waals surface area (Å²) in [5, 5.41) is 0. The van der Waals surface area contributed by atoms with Gasteiger partial charge in [-0.05, 0) is 13.0 Å². The standard InChI is InChI=1S/C7H4ClF3O2S/c1-3-6(10)4(9)2-5(7(3)11)14(8,12)13/h2H,1H3. The zero-order valence-corrected chi connectivity index (χ0v) is 8.39. The van der Waals surface area contributed by atoms with E-state index < -0.39 is 37.0 Å². The summed E-state index contributed by atoms with van der Waals surface area (Å²) in [5.41, 5.74) is -0.718. The van der Waals surface area contributed by atoms with Crippen LogP contribution in [0.1, 0.15) is 5.56 Å². The minimum Gasteiger partial charge on any atom is -0.207 e. The van der Waals surface area contributed by atoms with E-state index in [9.17, 15) is 21.6 Å². The Hall–Kier alpha value is -0.750. The maximum Gasteiger partial charge on any atom is 0.264 e. The summed E-state index contributed by atoms with van der Waals surface area (Å²) in [7, 11) is 0.399. The fourth-order valence-corrected chi connectivity index (χ4v) is 1.83. The highest BCUT2D eigenvalue weighted by Gasteiger charge is 2.22. The molecule has 7 heteroatoms. The van der Waals surface area contributed by atoms with E-state index in [0.717, 1.165) is 6.92 Å². The van der Waals surface area contributed by atoms with Crippen molar-refractivity contribution in [3.8, 4) is 0 Å². The maximum atomic E-state index is 13.1. The number of benzene rings is 1. The summed E-state index contributed by atoms with van der Waals surface area (Å²) >= 11 is 0. The highest BCUT2D eigenvalue weighted by molar-refractivity contribution is 8.13. The Balaban J connectivity index is 3.66. The van der Waals surface area contributed by atoms with Gasteiger partial charge in [-0.2, -0.15) is 0 Å². The van der Waals surface area contributed by atoms with E-state index in [1.54, 1.807) is 0 Å². The molecule has 0 N–H and O–H groups in total. The third-order valence-corrected chi connectivity index (χ3v) is 2.93. The van der Waals surface area contributed by atoms with Gasteiger partial charge in [0.15, 0.2) is 11.6 Å². The molecule has 1 rings (SSSR count). The second-order valence-electron chi connectivity index (χ2n) is 2.55. The molecule has 0 aromatic heterocycles. The minimum absolute atomic E-state index is 0.208. The Labute approximate surface area is 82.7 Å². The van der Waals surface area contributed by atoms with Crippen LogP contribution in [0, 0.1) is 24.4 Å². The molecule has 78 valence electrons. The topological polar surface area (TPSA) is 34.1 Å². The molecule has 0 fully saturated rings. The first-order chi connectivity index (χ1) is 6.25. The normalized spacial score (nSPS) is 11.8. The third-order valence-electron chi connectivity index (χ3n) is 1.60. The van der Waals surface area contributed by atoms with E-state index in [1.165, 1.54) is 0 Å². The molecule has 0 heterocycles. The lowest BCUT2D eigenvalue weighted by Crippen LogP contribution is -2.02. The van der Waals surface area contributed by atoms with E-state index in [0.29, 0.717) is 0 Å². The van der Waals surface area contributed by atoms with E-state index in [-0.39, 0.29) is 6.07 Å². The second-order valence-corrected chi connectivity index (χ2v) is 5.08. The second kappa shape index (κ2) is 3.43. The van der Waals surface area contributed by atoms with Crippen molar-refractivity contribution in [3.63, 3.8) is 0 Å². The predicted molar refractivity (Wildman–Crippen MR) is 44.1 cm³/mol. The molecule has 0 saturated heterocycles. The van der Waals surface area contributed by atoms with Crippen LogP contribution in [0.3, 0.4) is 0 Å². The van der Waals surface area contributed by atoms with Crippen molar-refractivity contribution in [2.75, 3.05) is 0 Å². The molecule has 1 aromatic rings. The van der Waals surface area contributed by atoms with Gasteiger partial charge in [-0.3, -0.25) is 0 Å². The van der Waals surface area contributed by atoms with Crippen molar-refractivity contribution in [2.24, 2.45) is 0 Å². The summed E-state index contributed by atoms with van der Waals surface area (Å²) in [6.45, 7) is 0.916. The molecule has 0 aliphatic rings. The lowest BCUT2D eigenvalue weighted by Gasteiger charge is -2.04. The Morgan fingerprint density at radius 3 is 2.14 bits per heavy atom. The molecule has 0 spiro atoms. The van der Waals surface area contributed by atoms with Crippen molar-refractivity contribution in [2.45, 2.75) is 11.8 Å². The molecular formula is C7H4ClF3O2S. The fourth-order valence-electron chi connectivity index (χ4n) is 0.880. The highest BCUT2D eigenvalue weighted by atomic mass is 35.7. The molecule has 0 unspecified atom stereocenters. The summed E-state index contributed by atoms with van der Waals surface area (Å²) in [6.07, 6.45) is 0. The van der Waals surface area contributed by atoms with Crippen LogP contribution in [0.4, 0.5) is 13.2 Å². The molecule has 14 heavy (non-hydrogen) atoms. The molecular weight excluding hydrogens is 241 g/mol. The lowest BCUT2D eigenvalue weighted by atomic mass is 10.2. The van der Waals surface area contributed by atoms with Gasteiger partial charge >= 0.3 is 0 Å². The van der Waals surface area contributed by atoms with Crippen LogP contribution in [0.25, 0.3) is 0 Å². The van der Waals surface area contributed by atoms with Gasteiger partial charge in [-0.25, -0.2) is 21.6 Å². The zero-order valence-electron chi connectivity index (χ0n) is 6.81. The van der Waals surface area contributed by atoms with Crippen LogP contribution in [0.5, 0.6) is 0 Å². The first-order valence-electron chi connectivity index (χ1n) is 3.34. The molecule has 0 amide bonds. The molecule has 0 aliphatic heterocycles. The average Bonchev–Trinajstić information content (AvgIpc) is 2.06. The monoisotopic (exact) mass is 244 g/mol. The fraction of sp³-hybridized carbons (Fsp3) is 0.143. The number of hydrogen-bond acceptors (Lipinski definition) is 2. The smallest absolute Gasteiger partial charge is 0.207 e. The van der Waals surface area contributed by atoms with E-state index in [1.807, 2.05) is 0 Å². The van der Waals surface area contributed by atoms with Crippen molar-refractivity contribution in [1.29, 1.82) is 0 Å². The van der Waals surface area contributed by atoms with Crippen LogP contribution in [-0.2, 0) is 9.05 Å². The molecule has 0 saturated carbocycles. The minimum atomic E-state index is -4.40. The van der Waals surface area contributed by atoms with Crippen LogP contribution < -0.4 is 0 Å². The van der Waals surface area contributed by atoms with Gasteiger partial charge in [0.1, 0.15) is 10.7 Å². The lowest BCUT2D eigenvalue weighted by molar-refractivity contribution is 0.473. The molecule has 0 radical (unpaired) electrons. The van der Waals surface area contributed by atoms with Crippen LogP contribution in [-0.4, -0.2) is 8.42 Å². The Morgan fingerprint density at radius 2 is 1.71 bits per heavy atom. The van der Waals surface area contributed by atoms with Crippen molar-refractivity contribution in [1.82, 2.24) is 0 Å². The first-order valence-corrected chi connectivity index (χ1v) is 5.65. The van der Waals surface area contributed by atoms with Gasteiger partial charge < -0.3 is 0 Å². The quantitative estimate of drug-likeness (QED) is 0.561. The SMILES string of the molecule is Cc1c(F)c(F)cc(S(=O)(=O)Cl)c1F. The summed E-state index contributed by atoms with van der Waals surface area (Å²) in [4.78, 5) is -1.06. The number of hydrogen-bond donors (Lipinski definition) is 0. The summed E-state index contributed by atoms with van der Waals surface area (Å²) in [5.74, 6) is -4.26. The van der Waals surface area contributed by atoms with Crippen LogP contribution in [0.2, 0.25) is 0 Å². The first kappa shape index (κ1) is 11.3. The van der Waals surface area contributed by atoms with E-state index >= 15 is 0 Å². The zero-order chi connectivity index (χ0) is 11.1. The van der Waals surface area contributed by atoms with Crippen molar-refractivity contribution < 1.29 is 21.6 Å². The predicted octanol–water partition coefficient (Wildman–Crippen LogP) is 2.34. The number of halogens is 4. The van der Waals surface area contributed by atoms with Gasteiger partial charge in [0.25, 0.3) is 9.05 Å². The van der Waals surface area contributed by atoms with Crippen molar-refractivity contribution >= 4 is 19.7 Å². The largest absolute Gasteiger partial charge is 0.264 e. The summed E-state index contributed by atoms with van der Waals surface area (Å²) < 4.78 is 59.9. The Morgan fingerprint density at radius 1 is 1.21 bits per heavy atom. The molecule has 2 nitrogen and oxygen atoms in total. The third kappa shape index (κ3) is 1.85. The molecule has 0 bridgehead atoms. The highest BCUT2D eigenvalue weighted by Crippen LogP contribution is 2.25. The van der Waals surface area contributed by atoms with Crippen LogP contribution >= 0.6 is 10.7 Å². The van der Waals surface area contributed by atoms with Gasteiger partial charge in [-0.1, -0.05) is 0 Å².